The normalized spacial score (nSPS) is 11.6. The second-order valence-corrected chi connectivity index (χ2v) is 12.6. The number of hydrazone groups is 1. The minimum Gasteiger partial charge on any atom is -0.494 e. The van der Waals surface area contributed by atoms with E-state index in [1.807, 2.05) is 33.1 Å². The average molecular weight is 605 g/mol. The number of thioether (sulfide) groups is 1. The molecule has 0 spiro atoms. The van der Waals surface area contributed by atoms with E-state index in [9.17, 15) is 13.2 Å². The van der Waals surface area contributed by atoms with Gasteiger partial charge in [-0.2, -0.15) is 5.10 Å². The summed E-state index contributed by atoms with van der Waals surface area (Å²) in [4.78, 5) is 14.1. The molecule has 1 heterocycles. The lowest BCUT2D eigenvalue weighted by Crippen LogP contribution is -2.39. The van der Waals surface area contributed by atoms with Gasteiger partial charge in [-0.05, 0) is 119 Å². The highest BCUT2D eigenvalue weighted by atomic mass is 32.2. The first-order valence-corrected chi connectivity index (χ1v) is 16.2. The first kappa shape index (κ1) is 30.9. The summed E-state index contributed by atoms with van der Waals surface area (Å²) in [6.07, 6.45) is 3.50. The Morgan fingerprint density at radius 2 is 1.67 bits per heavy atom. The van der Waals surface area contributed by atoms with Gasteiger partial charge in [-0.25, -0.2) is 13.8 Å². The number of aromatic nitrogens is 1. The van der Waals surface area contributed by atoms with Crippen molar-refractivity contribution in [1.29, 1.82) is 0 Å². The van der Waals surface area contributed by atoms with Crippen LogP contribution in [-0.4, -0.2) is 44.5 Å². The Bertz CT molecular complexity index is 1690. The molecule has 0 saturated heterocycles. The topological polar surface area (TPSA) is 93.0 Å². The molecule has 10 heteroatoms. The molecular weight excluding hydrogens is 569 g/mol. The van der Waals surface area contributed by atoms with Crippen LogP contribution in [0.4, 0.5) is 5.69 Å². The van der Waals surface area contributed by atoms with Gasteiger partial charge in [0.05, 0.1) is 23.4 Å². The largest absolute Gasteiger partial charge is 0.494 e. The maximum atomic E-state index is 13.7. The Labute approximate surface area is 252 Å². The number of hydrogen-bond donors (Lipinski definition) is 1. The van der Waals surface area contributed by atoms with Crippen LogP contribution in [-0.2, 0) is 14.8 Å². The molecule has 0 aliphatic carbocycles. The number of anilines is 1. The summed E-state index contributed by atoms with van der Waals surface area (Å²) < 4.78 is 36.1. The molecule has 220 valence electrons. The molecule has 1 amide bonds. The lowest BCUT2D eigenvalue weighted by molar-refractivity contribution is -0.119. The van der Waals surface area contributed by atoms with Crippen molar-refractivity contribution < 1.29 is 17.9 Å². The van der Waals surface area contributed by atoms with Crippen LogP contribution in [0.25, 0.3) is 5.69 Å². The summed E-state index contributed by atoms with van der Waals surface area (Å²) in [5.41, 5.74) is 9.17. The van der Waals surface area contributed by atoms with Crippen LogP contribution < -0.4 is 14.5 Å². The summed E-state index contributed by atoms with van der Waals surface area (Å²) in [6, 6.07) is 21.5. The SMILES string of the molecule is CCOc1ccc(N(CC(=O)N/N=C\c2cc(C)n(-c3ccc(C)c(C)c3)c2C)S(=O)(=O)c2ccc(SC)cc2)cc1. The monoisotopic (exact) mass is 604 g/mol. The van der Waals surface area contributed by atoms with Crippen molar-refractivity contribution in [3.05, 3.63) is 101 Å². The van der Waals surface area contributed by atoms with Crippen molar-refractivity contribution in [3.63, 3.8) is 0 Å². The number of carbonyl (C=O) groups is 1. The quantitative estimate of drug-likeness (QED) is 0.125. The molecule has 0 atom stereocenters. The number of carbonyl (C=O) groups excluding carboxylic acids is 1. The fourth-order valence-electron chi connectivity index (χ4n) is 4.59. The molecule has 8 nitrogen and oxygen atoms in total. The molecule has 0 aliphatic heterocycles. The predicted molar refractivity (Wildman–Crippen MR) is 171 cm³/mol. The Hall–Kier alpha value is -4.02. The molecule has 1 aromatic heterocycles. The molecule has 0 unspecified atom stereocenters. The van der Waals surface area contributed by atoms with Crippen molar-refractivity contribution in [1.82, 2.24) is 9.99 Å². The van der Waals surface area contributed by atoms with E-state index in [1.165, 1.54) is 22.9 Å². The maximum absolute atomic E-state index is 13.7. The Kier molecular flexibility index (Phi) is 9.80. The number of benzene rings is 3. The van der Waals surface area contributed by atoms with E-state index in [1.54, 1.807) is 54.7 Å². The highest BCUT2D eigenvalue weighted by molar-refractivity contribution is 7.98. The minimum absolute atomic E-state index is 0.0873. The van der Waals surface area contributed by atoms with E-state index in [4.69, 9.17) is 4.74 Å². The van der Waals surface area contributed by atoms with E-state index >= 15 is 0 Å². The lowest BCUT2D eigenvalue weighted by atomic mass is 10.1. The molecular formula is C32H36N4O4S2. The summed E-state index contributed by atoms with van der Waals surface area (Å²) in [7, 11) is -4.06. The van der Waals surface area contributed by atoms with Gasteiger partial charge in [0.1, 0.15) is 12.3 Å². The van der Waals surface area contributed by atoms with E-state index in [0.717, 1.165) is 31.8 Å². The average Bonchev–Trinajstić information content (AvgIpc) is 3.26. The maximum Gasteiger partial charge on any atom is 0.264 e. The number of rotatable bonds is 11. The molecule has 0 fully saturated rings. The molecule has 0 bridgehead atoms. The molecule has 4 aromatic rings. The van der Waals surface area contributed by atoms with Gasteiger partial charge in [-0.3, -0.25) is 9.10 Å². The molecule has 3 aromatic carbocycles. The first-order valence-electron chi connectivity index (χ1n) is 13.5. The summed E-state index contributed by atoms with van der Waals surface area (Å²) in [5, 5.41) is 4.16. The number of hydrogen-bond acceptors (Lipinski definition) is 6. The van der Waals surface area contributed by atoms with Crippen molar-refractivity contribution in [3.8, 4) is 11.4 Å². The highest BCUT2D eigenvalue weighted by Crippen LogP contribution is 2.27. The van der Waals surface area contributed by atoms with Crippen molar-refractivity contribution in [2.24, 2.45) is 5.10 Å². The van der Waals surface area contributed by atoms with Gasteiger partial charge >= 0.3 is 0 Å². The fourth-order valence-corrected chi connectivity index (χ4v) is 6.41. The van der Waals surface area contributed by atoms with Gasteiger partial charge in [0.15, 0.2) is 0 Å². The fraction of sp³-hybridized carbons (Fsp3) is 0.250. The Morgan fingerprint density at radius 3 is 2.29 bits per heavy atom. The number of amides is 1. The smallest absolute Gasteiger partial charge is 0.264 e. The molecule has 1 N–H and O–H groups in total. The third-order valence-corrected chi connectivity index (χ3v) is 9.51. The van der Waals surface area contributed by atoms with Crippen LogP contribution >= 0.6 is 11.8 Å². The van der Waals surface area contributed by atoms with E-state index in [-0.39, 0.29) is 4.90 Å². The van der Waals surface area contributed by atoms with Gasteiger partial charge < -0.3 is 9.30 Å². The molecule has 4 rings (SSSR count). The Balaban J connectivity index is 1.56. The summed E-state index contributed by atoms with van der Waals surface area (Å²) in [6.45, 7) is 10.1. The van der Waals surface area contributed by atoms with Crippen LogP contribution in [0.3, 0.4) is 0 Å². The number of sulfonamides is 1. The van der Waals surface area contributed by atoms with Crippen LogP contribution in [0.5, 0.6) is 5.75 Å². The van der Waals surface area contributed by atoms with Gasteiger partial charge in [0.2, 0.25) is 0 Å². The highest BCUT2D eigenvalue weighted by Gasteiger charge is 2.27. The summed E-state index contributed by atoms with van der Waals surface area (Å²) in [5.74, 6) is 0.0304. The zero-order valence-electron chi connectivity index (χ0n) is 24.7. The molecule has 42 heavy (non-hydrogen) atoms. The molecule has 0 radical (unpaired) electrons. The lowest BCUT2D eigenvalue weighted by Gasteiger charge is -2.24. The first-order chi connectivity index (χ1) is 20.0. The second-order valence-electron chi connectivity index (χ2n) is 9.84. The van der Waals surface area contributed by atoms with Gasteiger partial charge in [0, 0.05) is 27.5 Å². The van der Waals surface area contributed by atoms with Crippen LogP contribution in [0, 0.1) is 27.7 Å². The minimum atomic E-state index is -4.06. The van der Waals surface area contributed by atoms with Crippen LogP contribution in [0.1, 0.15) is 35.0 Å². The van der Waals surface area contributed by atoms with E-state index < -0.39 is 22.5 Å². The van der Waals surface area contributed by atoms with Crippen molar-refractivity contribution >= 4 is 39.6 Å². The van der Waals surface area contributed by atoms with Gasteiger partial charge in [-0.1, -0.05) is 6.07 Å². The summed E-state index contributed by atoms with van der Waals surface area (Å²) >= 11 is 1.52. The number of nitrogens with zero attached hydrogens (tertiary/aromatic N) is 3. The van der Waals surface area contributed by atoms with Crippen LogP contribution in [0.15, 0.2) is 87.7 Å². The number of aryl methyl sites for hydroxylation is 3. The Morgan fingerprint density at radius 1 is 0.976 bits per heavy atom. The third-order valence-electron chi connectivity index (χ3n) is 6.98. The number of nitrogens with one attached hydrogen (secondary N) is 1. The zero-order chi connectivity index (χ0) is 30.4. The van der Waals surface area contributed by atoms with Crippen LogP contribution in [0.2, 0.25) is 0 Å². The van der Waals surface area contributed by atoms with E-state index in [0.29, 0.717) is 18.0 Å². The van der Waals surface area contributed by atoms with Crippen molar-refractivity contribution in [2.75, 3.05) is 23.7 Å². The molecule has 0 saturated carbocycles. The van der Waals surface area contributed by atoms with Gasteiger partial charge in [0.25, 0.3) is 15.9 Å². The zero-order valence-corrected chi connectivity index (χ0v) is 26.3. The second kappa shape index (κ2) is 13.3. The molecule has 0 aliphatic rings. The van der Waals surface area contributed by atoms with E-state index in [2.05, 4.69) is 47.1 Å². The standard InChI is InChI=1S/C32H36N4O4S2/c1-7-40-29-12-10-27(11-13-29)35(42(38,39)31-16-14-30(41-6)15-17-31)21-32(37)34-33-20-26-19-24(4)36(25(26)5)28-9-8-22(2)23(3)18-28/h8-20H,7,21H2,1-6H3,(H,34,37)/b33-20-. The number of ether oxygens (including phenoxy) is 1. The predicted octanol–water partition coefficient (Wildman–Crippen LogP) is 6.18. The third kappa shape index (κ3) is 6.88. The van der Waals surface area contributed by atoms with Gasteiger partial charge in [-0.15, -0.1) is 11.8 Å². The van der Waals surface area contributed by atoms with Crippen molar-refractivity contribution in [2.45, 2.75) is 44.4 Å².